The Balaban J connectivity index is 0.00000480. The highest BCUT2D eigenvalue weighted by Crippen LogP contribution is 2.38. The van der Waals surface area contributed by atoms with Gasteiger partial charge in [0.1, 0.15) is 11.8 Å². The molecule has 1 aliphatic rings. The fourth-order valence-electron chi connectivity index (χ4n) is 5.36. The van der Waals surface area contributed by atoms with E-state index in [0.717, 1.165) is 20.8 Å². The molecule has 2 unspecified atom stereocenters. The van der Waals surface area contributed by atoms with Crippen LogP contribution in [-0.2, 0) is 20.9 Å². The highest BCUT2D eigenvalue weighted by atomic mass is 79.9. The summed E-state index contributed by atoms with van der Waals surface area (Å²) in [5, 5.41) is 7.61. The number of halogens is 2. The summed E-state index contributed by atoms with van der Waals surface area (Å²) in [4.78, 5) is 56.7. The zero-order chi connectivity index (χ0) is 32.2. The molecule has 4 aromatic carbocycles. The van der Waals surface area contributed by atoms with Crippen LogP contribution in [0, 0.1) is 0 Å². The molecule has 0 saturated heterocycles. The lowest BCUT2D eigenvalue weighted by atomic mass is 10.0. The van der Waals surface area contributed by atoms with E-state index in [-0.39, 0.29) is 37.3 Å². The smallest absolute Gasteiger partial charge is 0.337 e. The van der Waals surface area contributed by atoms with Gasteiger partial charge in [-0.1, -0.05) is 40.2 Å². The van der Waals surface area contributed by atoms with E-state index >= 15 is 0 Å². The Bertz CT molecular complexity index is 1780. The Morgan fingerprint density at radius 3 is 2.28 bits per heavy atom. The molecule has 1 heterocycles. The summed E-state index contributed by atoms with van der Waals surface area (Å²) < 4.78 is 11.4. The van der Waals surface area contributed by atoms with Gasteiger partial charge in [0.05, 0.1) is 50.3 Å². The van der Waals surface area contributed by atoms with Crippen molar-refractivity contribution in [3.8, 4) is 5.75 Å². The van der Waals surface area contributed by atoms with Crippen LogP contribution >= 0.6 is 28.3 Å². The third-order valence-corrected chi connectivity index (χ3v) is 8.41. The number of nitrogens with one attached hydrogen (secondary N) is 2. The van der Waals surface area contributed by atoms with Crippen LogP contribution in [-0.4, -0.2) is 63.6 Å². The molecule has 0 radical (unpaired) electrons. The van der Waals surface area contributed by atoms with Crippen molar-refractivity contribution in [2.24, 2.45) is 0 Å². The number of carbonyl (C=O) groups excluding carboxylic acids is 4. The summed E-state index contributed by atoms with van der Waals surface area (Å²) >= 11 is 3.53. The topological polar surface area (TPSA) is 117 Å². The molecule has 1 aliphatic heterocycles. The number of nitrogens with zero attached hydrogens (tertiary/aromatic N) is 2. The lowest BCUT2D eigenvalue weighted by Crippen LogP contribution is -2.55. The second-order valence-corrected chi connectivity index (χ2v) is 11.5. The van der Waals surface area contributed by atoms with Crippen LogP contribution in [0.3, 0.4) is 0 Å². The van der Waals surface area contributed by atoms with Crippen molar-refractivity contribution < 1.29 is 28.7 Å². The largest absolute Gasteiger partial charge is 0.496 e. The Hall–Kier alpha value is -4.45. The van der Waals surface area contributed by atoms with Gasteiger partial charge in [0.15, 0.2) is 0 Å². The fraction of sp³-hybridized carbons (Fsp3) is 0.235. The van der Waals surface area contributed by atoms with Crippen LogP contribution < -0.4 is 25.2 Å². The van der Waals surface area contributed by atoms with E-state index in [1.165, 1.54) is 36.3 Å². The minimum Gasteiger partial charge on any atom is -0.496 e. The highest BCUT2D eigenvalue weighted by molar-refractivity contribution is 9.10. The van der Waals surface area contributed by atoms with Gasteiger partial charge in [-0.05, 0) is 79.3 Å². The third kappa shape index (κ3) is 6.86. The molecule has 12 heteroatoms. The number of methoxy groups -OCH3 is 2. The van der Waals surface area contributed by atoms with Crippen molar-refractivity contribution in [3.05, 3.63) is 100 Å². The van der Waals surface area contributed by atoms with Crippen LogP contribution in [0.4, 0.5) is 11.4 Å². The lowest BCUT2D eigenvalue weighted by molar-refractivity contribution is -0.128. The summed E-state index contributed by atoms with van der Waals surface area (Å²) in [5.74, 6) is -1.09. The zero-order valence-electron chi connectivity index (χ0n) is 25.7. The number of hydrogen-bond donors (Lipinski definition) is 2. The van der Waals surface area contributed by atoms with Crippen LogP contribution in [0.5, 0.6) is 5.75 Å². The van der Waals surface area contributed by atoms with Crippen molar-refractivity contribution in [2.45, 2.75) is 25.6 Å². The average Bonchev–Trinajstić information content (AvgIpc) is 3.17. The predicted octanol–water partition coefficient (Wildman–Crippen LogP) is 5.11. The summed E-state index contributed by atoms with van der Waals surface area (Å²) in [6.45, 7) is 1.68. The van der Waals surface area contributed by atoms with E-state index in [4.69, 9.17) is 9.47 Å². The van der Waals surface area contributed by atoms with Gasteiger partial charge in [0.25, 0.3) is 11.8 Å². The second kappa shape index (κ2) is 14.8. The maximum absolute atomic E-state index is 14.5. The summed E-state index contributed by atoms with van der Waals surface area (Å²) in [6.07, 6.45) is 0. The van der Waals surface area contributed by atoms with E-state index in [2.05, 4.69) is 26.6 Å². The number of hydrogen-bond acceptors (Lipinski definition) is 7. The maximum atomic E-state index is 14.5. The van der Waals surface area contributed by atoms with Crippen molar-refractivity contribution in [2.75, 3.05) is 37.6 Å². The first-order chi connectivity index (χ1) is 21.7. The standard InChI is InChI=1S/C34H33BrN4O6.ClH/c1-20(36-2)31(40)37-27-19-39(32(41)21-9-11-22(12-10-21)34(43)45-4)29-8-6-5-7-28(29)38(33(27)42)18-26-25-15-14-24(35)17-23(25)13-16-30(26)44-3;/h5-17,20,27,36H,18-19H2,1-4H3,(H,37,40);1H. The third-order valence-electron chi connectivity index (χ3n) is 7.92. The van der Waals surface area contributed by atoms with E-state index in [0.29, 0.717) is 28.3 Å². The number of rotatable bonds is 8. The number of anilines is 2. The molecule has 0 fully saturated rings. The molecule has 10 nitrogen and oxygen atoms in total. The minimum absolute atomic E-state index is 0. The molecule has 0 aliphatic carbocycles. The van der Waals surface area contributed by atoms with Crippen LogP contribution in [0.15, 0.2) is 83.3 Å². The number of amides is 3. The highest BCUT2D eigenvalue weighted by Gasteiger charge is 2.38. The normalized spacial score (nSPS) is 14.9. The Morgan fingerprint density at radius 1 is 0.957 bits per heavy atom. The van der Waals surface area contributed by atoms with Crippen molar-refractivity contribution in [1.82, 2.24) is 10.6 Å². The first kappa shape index (κ1) is 34.4. The molecule has 0 aromatic heterocycles. The number of ether oxygens (including phenoxy) is 2. The molecular weight excluding hydrogens is 676 g/mol. The number of para-hydroxylation sites is 2. The fourth-order valence-corrected chi connectivity index (χ4v) is 5.74. The van der Waals surface area contributed by atoms with Crippen molar-refractivity contribution >= 4 is 74.2 Å². The minimum atomic E-state index is -1.07. The molecule has 46 heavy (non-hydrogen) atoms. The van der Waals surface area contributed by atoms with E-state index in [9.17, 15) is 19.2 Å². The van der Waals surface area contributed by atoms with Gasteiger partial charge in [-0.2, -0.15) is 0 Å². The van der Waals surface area contributed by atoms with Gasteiger partial charge in [-0.3, -0.25) is 14.4 Å². The Labute approximate surface area is 281 Å². The van der Waals surface area contributed by atoms with Gasteiger partial charge >= 0.3 is 5.97 Å². The number of benzene rings is 4. The molecule has 2 atom stereocenters. The molecule has 5 rings (SSSR count). The first-order valence-corrected chi connectivity index (χ1v) is 15.1. The maximum Gasteiger partial charge on any atom is 0.337 e. The van der Waals surface area contributed by atoms with Gasteiger partial charge < -0.3 is 29.9 Å². The summed E-state index contributed by atoms with van der Waals surface area (Å²) in [7, 11) is 4.52. The molecule has 0 bridgehead atoms. The van der Waals surface area contributed by atoms with Crippen molar-refractivity contribution in [3.63, 3.8) is 0 Å². The molecule has 240 valence electrons. The quantitative estimate of drug-likeness (QED) is 0.245. The SMILES string of the molecule is CNC(C)C(=O)NC1CN(C(=O)c2ccc(C(=O)OC)cc2)c2ccccc2N(Cc2c(OC)ccc3cc(Br)ccc23)C1=O.Cl. The molecule has 2 N–H and O–H groups in total. The van der Waals surface area contributed by atoms with Gasteiger partial charge in [0.2, 0.25) is 5.91 Å². The number of likely N-dealkylation sites (N-methyl/N-ethyl adjacent to an activating group) is 1. The predicted molar refractivity (Wildman–Crippen MR) is 183 cm³/mol. The van der Waals surface area contributed by atoms with Crippen molar-refractivity contribution in [1.29, 1.82) is 0 Å². The van der Waals surface area contributed by atoms with Gasteiger partial charge in [-0.15, -0.1) is 12.4 Å². The first-order valence-electron chi connectivity index (χ1n) is 14.3. The van der Waals surface area contributed by atoms with Gasteiger partial charge in [-0.25, -0.2) is 4.79 Å². The average molecular weight is 710 g/mol. The molecule has 0 spiro atoms. The molecular formula is C34H34BrClN4O6. The monoisotopic (exact) mass is 708 g/mol. The van der Waals surface area contributed by atoms with E-state index in [1.807, 2.05) is 30.3 Å². The molecule has 0 saturated carbocycles. The molecule has 3 amide bonds. The van der Waals surface area contributed by atoms with Gasteiger partial charge in [0, 0.05) is 15.6 Å². The van der Waals surface area contributed by atoms with Crippen LogP contribution in [0.2, 0.25) is 0 Å². The zero-order valence-corrected chi connectivity index (χ0v) is 28.1. The molecule has 4 aromatic rings. The summed E-state index contributed by atoms with van der Waals surface area (Å²) in [5.41, 5.74) is 2.37. The van der Waals surface area contributed by atoms with Crippen LogP contribution in [0.1, 0.15) is 33.2 Å². The lowest BCUT2D eigenvalue weighted by Gasteiger charge is -2.27. The summed E-state index contributed by atoms with van der Waals surface area (Å²) in [6, 6.07) is 21.3. The number of carbonyl (C=O) groups is 4. The van der Waals surface area contributed by atoms with Crippen LogP contribution in [0.25, 0.3) is 10.8 Å². The second-order valence-electron chi connectivity index (χ2n) is 10.6. The number of esters is 1. The Kier molecular flexibility index (Phi) is 11.0. The Morgan fingerprint density at radius 2 is 1.63 bits per heavy atom. The van der Waals surface area contributed by atoms with E-state index in [1.54, 1.807) is 50.2 Å². The van der Waals surface area contributed by atoms with E-state index < -0.39 is 24.0 Å². The number of fused-ring (bicyclic) bond motifs is 2.